The van der Waals surface area contributed by atoms with Crippen molar-refractivity contribution in [2.24, 2.45) is 0 Å². The second-order valence-electron chi connectivity index (χ2n) is 3.86. The molecule has 0 atom stereocenters. The van der Waals surface area contributed by atoms with Crippen LogP contribution >= 0.6 is 0 Å². The van der Waals surface area contributed by atoms with Gasteiger partial charge in [0.1, 0.15) is 0 Å². The first-order valence-corrected chi connectivity index (χ1v) is 5.55. The van der Waals surface area contributed by atoms with E-state index in [-0.39, 0.29) is 24.4 Å². The molecule has 0 bridgehead atoms. The Morgan fingerprint density at radius 3 is 2.28 bits per heavy atom. The predicted octanol–water partition coefficient (Wildman–Crippen LogP) is 0.430. The van der Waals surface area contributed by atoms with E-state index in [1.807, 2.05) is 13.8 Å². The summed E-state index contributed by atoms with van der Waals surface area (Å²) in [5, 5.41) is 5.56. The highest BCUT2D eigenvalue weighted by Gasteiger charge is 2.09. The van der Waals surface area contributed by atoms with Crippen LogP contribution in [0.2, 0.25) is 0 Å². The van der Waals surface area contributed by atoms with Crippen LogP contribution in [0, 0.1) is 0 Å². The van der Waals surface area contributed by atoms with Crippen LogP contribution in [0.5, 0.6) is 11.8 Å². The molecular weight excluding hydrogens is 236 g/mol. The summed E-state index contributed by atoms with van der Waals surface area (Å²) in [7, 11) is 2.96. The van der Waals surface area contributed by atoms with Crippen molar-refractivity contribution in [1.82, 2.24) is 15.3 Å². The van der Waals surface area contributed by atoms with Crippen molar-refractivity contribution in [3.05, 3.63) is 6.07 Å². The van der Waals surface area contributed by atoms with Crippen molar-refractivity contribution in [2.45, 2.75) is 19.9 Å². The molecule has 7 nitrogen and oxygen atoms in total. The van der Waals surface area contributed by atoms with E-state index in [0.717, 1.165) is 0 Å². The summed E-state index contributed by atoms with van der Waals surface area (Å²) in [4.78, 5) is 19.6. The summed E-state index contributed by atoms with van der Waals surface area (Å²) in [5.74, 6) is 0.587. The number of anilines is 1. The first-order valence-electron chi connectivity index (χ1n) is 5.55. The smallest absolute Gasteiger partial charge is 0.240 e. The Kier molecular flexibility index (Phi) is 5.31. The van der Waals surface area contributed by atoms with E-state index >= 15 is 0 Å². The monoisotopic (exact) mass is 254 g/mol. The Morgan fingerprint density at radius 1 is 1.28 bits per heavy atom. The molecule has 100 valence electrons. The molecule has 1 amide bonds. The highest BCUT2D eigenvalue weighted by atomic mass is 16.5. The van der Waals surface area contributed by atoms with E-state index in [4.69, 9.17) is 9.47 Å². The number of methoxy groups -OCH3 is 2. The van der Waals surface area contributed by atoms with Crippen molar-refractivity contribution >= 4 is 11.9 Å². The number of aromatic nitrogens is 2. The molecule has 2 N–H and O–H groups in total. The number of amides is 1. The molecular formula is C11H18N4O3. The lowest BCUT2D eigenvalue weighted by atomic mass is 10.4. The zero-order valence-electron chi connectivity index (χ0n) is 11.0. The average Bonchev–Trinajstić information content (AvgIpc) is 2.35. The van der Waals surface area contributed by atoms with Gasteiger partial charge in [-0.1, -0.05) is 13.8 Å². The van der Waals surface area contributed by atoms with Crippen molar-refractivity contribution < 1.29 is 14.3 Å². The Balaban J connectivity index is 2.68. The van der Waals surface area contributed by atoms with Gasteiger partial charge in [-0.15, -0.1) is 0 Å². The summed E-state index contributed by atoms with van der Waals surface area (Å²) < 4.78 is 9.96. The number of hydrogen-bond acceptors (Lipinski definition) is 6. The molecule has 0 aliphatic carbocycles. The summed E-state index contributed by atoms with van der Waals surface area (Å²) in [6.07, 6.45) is 0. The van der Waals surface area contributed by atoms with Crippen LogP contribution in [0.15, 0.2) is 6.07 Å². The van der Waals surface area contributed by atoms with E-state index in [0.29, 0.717) is 11.8 Å². The first kappa shape index (κ1) is 14.2. The quantitative estimate of drug-likeness (QED) is 0.765. The van der Waals surface area contributed by atoms with E-state index < -0.39 is 0 Å². The SMILES string of the molecule is COc1cc(OC)nc(NC(=O)CNC(C)C)n1. The maximum Gasteiger partial charge on any atom is 0.240 e. The Morgan fingerprint density at radius 2 is 1.83 bits per heavy atom. The minimum absolute atomic E-state index is 0.154. The molecule has 0 saturated carbocycles. The van der Waals surface area contributed by atoms with Crippen LogP contribution in [0.3, 0.4) is 0 Å². The molecule has 0 unspecified atom stereocenters. The van der Waals surface area contributed by atoms with Crippen LogP contribution in [-0.4, -0.2) is 42.7 Å². The third-order valence-corrected chi connectivity index (χ3v) is 2.02. The molecule has 0 aliphatic rings. The lowest BCUT2D eigenvalue weighted by molar-refractivity contribution is -0.115. The summed E-state index contributed by atoms with van der Waals surface area (Å²) >= 11 is 0. The first-order chi connectivity index (χ1) is 8.55. The van der Waals surface area contributed by atoms with Crippen LogP contribution in [0.4, 0.5) is 5.95 Å². The fraction of sp³-hybridized carbons (Fsp3) is 0.545. The lowest BCUT2D eigenvalue weighted by Crippen LogP contribution is -2.33. The van der Waals surface area contributed by atoms with Gasteiger partial charge < -0.3 is 14.8 Å². The maximum absolute atomic E-state index is 11.6. The van der Waals surface area contributed by atoms with Crippen molar-refractivity contribution in [3.63, 3.8) is 0 Å². The Bertz CT molecular complexity index is 387. The van der Waals surface area contributed by atoms with Crippen LogP contribution in [-0.2, 0) is 4.79 Å². The van der Waals surface area contributed by atoms with Gasteiger partial charge in [0.05, 0.1) is 26.8 Å². The topological polar surface area (TPSA) is 85.4 Å². The van der Waals surface area contributed by atoms with Gasteiger partial charge in [0, 0.05) is 6.04 Å². The number of hydrogen-bond donors (Lipinski definition) is 2. The van der Waals surface area contributed by atoms with Crippen molar-refractivity contribution in [3.8, 4) is 11.8 Å². The van der Waals surface area contributed by atoms with E-state index in [9.17, 15) is 4.79 Å². The van der Waals surface area contributed by atoms with Gasteiger partial charge >= 0.3 is 0 Å². The highest BCUT2D eigenvalue weighted by molar-refractivity contribution is 5.90. The summed E-state index contributed by atoms with van der Waals surface area (Å²) in [6.45, 7) is 4.11. The van der Waals surface area contributed by atoms with Gasteiger partial charge in [-0.25, -0.2) is 0 Å². The molecule has 1 heterocycles. The van der Waals surface area contributed by atoms with Crippen LogP contribution in [0.25, 0.3) is 0 Å². The lowest BCUT2D eigenvalue weighted by Gasteiger charge is -2.09. The normalized spacial score (nSPS) is 10.3. The maximum atomic E-state index is 11.6. The molecule has 0 saturated heterocycles. The van der Waals surface area contributed by atoms with Gasteiger partial charge in [0.25, 0.3) is 0 Å². The third-order valence-electron chi connectivity index (χ3n) is 2.02. The van der Waals surface area contributed by atoms with Gasteiger partial charge in [-0.2, -0.15) is 9.97 Å². The summed E-state index contributed by atoms with van der Waals surface area (Å²) in [6, 6.07) is 1.76. The van der Waals surface area contributed by atoms with Crippen molar-refractivity contribution in [1.29, 1.82) is 0 Å². The molecule has 0 aromatic carbocycles. The third kappa shape index (κ3) is 4.54. The zero-order chi connectivity index (χ0) is 13.5. The molecule has 1 aromatic heterocycles. The molecule has 0 spiro atoms. The number of ether oxygens (including phenoxy) is 2. The minimum Gasteiger partial charge on any atom is -0.481 e. The van der Waals surface area contributed by atoms with E-state index in [2.05, 4.69) is 20.6 Å². The highest BCUT2D eigenvalue weighted by Crippen LogP contribution is 2.16. The number of nitrogens with one attached hydrogen (secondary N) is 2. The van der Waals surface area contributed by atoms with E-state index in [1.165, 1.54) is 20.3 Å². The Labute approximate surface area is 106 Å². The molecule has 18 heavy (non-hydrogen) atoms. The van der Waals surface area contributed by atoms with Crippen molar-refractivity contribution in [2.75, 3.05) is 26.1 Å². The minimum atomic E-state index is -0.223. The van der Waals surface area contributed by atoms with Gasteiger partial charge in [-0.3, -0.25) is 10.1 Å². The number of carbonyl (C=O) groups excluding carboxylic acids is 1. The average molecular weight is 254 g/mol. The second-order valence-corrected chi connectivity index (χ2v) is 3.86. The molecule has 0 radical (unpaired) electrons. The van der Waals surface area contributed by atoms with E-state index in [1.54, 1.807) is 0 Å². The zero-order valence-corrected chi connectivity index (χ0v) is 11.0. The fourth-order valence-electron chi connectivity index (χ4n) is 1.13. The van der Waals surface area contributed by atoms with Gasteiger partial charge in [-0.05, 0) is 0 Å². The molecule has 1 rings (SSSR count). The fourth-order valence-corrected chi connectivity index (χ4v) is 1.13. The number of carbonyl (C=O) groups is 1. The standard InChI is InChI=1S/C11H18N4O3/c1-7(2)12-6-8(16)13-11-14-9(17-3)5-10(15-11)18-4/h5,7,12H,6H2,1-4H3,(H,13,14,15,16). The molecule has 0 fully saturated rings. The van der Waals surface area contributed by atoms with Crippen LogP contribution < -0.4 is 20.1 Å². The molecule has 1 aromatic rings. The largest absolute Gasteiger partial charge is 0.481 e. The number of rotatable bonds is 6. The van der Waals surface area contributed by atoms with Crippen LogP contribution in [0.1, 0.15) is 13.8 Å². The number of nitrogens with zero attached hydrogens (tertiary/aromatic N) is 2. The predicted molar refractivity (Wildman–Crippen MR) is 66.9 cm³/mol. The molecule has 7 heteroatoms. The summed E-state index contributed by atoms with van der Waals surface area (Å²) in [5.41, 5.74) is 0. The van der Waals surface area contributed by atoms with Gasteiger partial charge in [0.2, 0.25) is 23.6 Å². The Hall–Kier alpha value is -1.89. The van der Waals surface area contributed by atoms with Gasteiger partial charge in [0.15, 0.2) is 0 Å². The second kappa shape index (κ2) is 6.75. The molecule has 0 aliphatic heterocycles.